The Morgan fingerprint density at radius 2 is 1.20 bits per heavy atom. The molecule has 0 saturated heterocycles. The fourth-order valence-corrected chi connectivity index (χ4v) is 9.54. The number of unbranched alkanes of at least 4 members (excludes halogenated alkanes) is 4. The predicted octanol–water partition coefficient (Wildman–Crippen LogP) is 8.45. The third-order valence-electron chi connectivity index (χ3n) is 12.1. The third-order valence-corrected chi connectivity index (χ3v) is 12.1. The first kappa shape index (κ1) is 45.8. The molecule has 0 spiro atoms. The summed E-state index contributed by atoms with van der Waals surface area (Å²) in [6.45, 7) is 18.1. The lowest BCUT2D eigenvalue weighted by Crippen LogP contribution is -2.52. The van der Waals surface area contributed by atoms with E-state index in [1.54, 1.807) is 25.7 Å². The largest absolute Gasteiger partial charge is 0.396 e. The molecule has 6 nitrogen and oxygen atoms in total. The molecule has 0 aliphatic heterocycles. The predicted molar refractivity (Wildman–Crippen MR) is 201 cm³/mol. The van der Waals surface area contributed by atoms with Crippen molar-refractivity contribution in [3.8, 4) is 0 Å². The normalized spacial score (nSPS) is 30.7. The van der Waals surface area contributed by atoms with Crippen molar-refractivity contribution in [1.82, 2.24) is 5.32 Å². The van der Waals surface area contributed by atoms with Crippen molar-refractivity contribution < 1.29 is 15.3 Å². The molecule has 0 bridgehead atoms. The Morgan fingerprint density at radius 3 is 1.72 bits per heavy atom. The van der Waals surface area contributed by atoms with Gasteiger partial charge in [0.15, 0.2) is 0 Å². The lowest BCUT2D eigenvalue weighted by atomic mass is 9.45. The van der Waals surface area contributed by atoms with E-state index in [1.165, 1.54) is 83.6 Å². The molecule has 0 heterocycles. The molecule has 4 aliphatic carbocycles. The maximum Gasteiger partial charge on any atom is 0.0443 e. The number of aliphatic hydroxyl groups excluding tert-OH is 3. The Bertz CT molecular complexity index is 647. The summed E-state index contributed by atoms with van der Waals surface area (Å²) >= 11 is 0. The topological polar surface area (TPSA) is 125 Å². The van der Waals surface area contributed by atoms with Gasteiger partial charge in [0.05, 0.1) is 0 Å². The molecule has 6 heteroatoms. The summed E-state index contributed by atoms with van der Waals surface area (Å²) in [5.74, 6) is 5.22. The van der Waals surface area contributed by atoms with Crippen LogP contribution in [0.5, 0.6) is 0 Å². The number of hydrogen-bond acceptors (Lipinski definition) is 6. The lowest BCUT2D eigenvalue weighted by Gasteiger charge is -2.60. The maximum absolute atomic E-state index is 8.86. The van der Waals surface area contributed by atoms with Crippen LogP contribution in [-0.4, -0.2) is 61.3 Å². The minimum atomic E-state index is 0.219. The van der Waals surface area contributed by atoms with Crippen LogP contribution in [0.3, 0.4) is 0 Å². The number of nitrogens with one attached hydrogen (secondary N) is 1. The molecule has 46 heavy (non-hydrogen) atoms. The molecule has 4 saturated carbocycles. The van der Waals surface area contributed by atoms with Crippen molar-refractivity contribution in [3.05, 3.63) is 0 Å². The van der Waals surface area contributed by atoms with Gasteiger partial charge in [-0.25, -0.2) is 0 Å². The van der Waals surface area contributed by atoms with E-state index in [9.17, 15) is 0 Å². The number of rotatable bonds is 15. The van der Waals surface area contributed by atoms with Gasteiger partial charge >= 0.3 is 0 Å². The average molecular weight is 656 g/mol. The first-order chi connectivity index (χ1) is 22.3. The van der Waals surface area contributed by atoms with E-state index in [4.69, 9.17) is 26.8 Å². The second-order valence-corrected chi connectivity index (χ2v) is 15.0. The van der Waals surface area contributed by atoms with Gasteiger partial charge in [-0.1, -0.05) is 80.1 Å². The van der Waals surface area contributed by atoms with Crippen molar-refractivity contribution in [1.29, 1.82) is 0 Å². The molecule has 5 unspecified atom stereocenters. The minimum Gasteiger partial charge on any atom is -0.396 e. The van der Waals surface area contributed by atoms with E-state index in [1.807, 2.05) is 13.8 Å². The van der Waals surface area contributed by atoms with Crippen LogP contribution in [0, 0.1) is 40.4 Å². The number of hydrogen-bond donors (Lipinski definition) is 6. The Morgan fingerprint density at radius 1 is 0.609 bits per heavy atom. The van der Waals surface area contributed by atoms with Crippen LogP contribution in [0.25, 0.3) is 0 Å². The minimum absolute atomic E-state index is 0.219. The number of fused-ring (bicyclic) bond motifs is 5. The van der Waals surface area contributed by atoms with Crippen molar-refractivity contribution in [2.75, 3.05) is 46.0 Å². The van der Waals surface area contributed by atoms with Crippen LogP contribution >= 0.6 is 0 Å². The van der Waals surface area contributed by atoms with Crippen LogP contribution < -0.4 is 16.8 Å². The highest BCUT2D eigenvalue weighted by Crippen LogP contribution is 2.67. The molecule has 0 radical (unpaired) electrons. The van der Waals surface area contributed by atoms with E-state index >= 15 is 0 Å². The summed E-state index contributed by atoms with van der Waals surface area (Å²) in [6.07, 6.45) is 27.2. The zero-order chi connectivity index (χ0) is 34.7. The van der Waals surface area contributed by atoms with Crippen molar-refractivity contribution in [2.45, 2.75) is 170 Å². The summed E-state index contributed by atoms with van der Waals surface area (Å²) in [7, 11) is 0. The van der Waals surface area contributed by atoms with Gasteiger partial charge in [0.25, 0.3) is 0 Å². The first-order valence-electron chi connectivity index (χ1n) is 20.3. The SMILES string of the molecule is CC.CCCCC.C[C@]12CCCCC1CCC1C2CC[C@]2(C)C(CCCCNCCCCO)CCC12.NCCCO.NCCCO. The number of nitrogens with two attached hydrogens (primary N) is 2. The molecule has 7 atom stereocenters. The third kappa shape index (κ3) is 15.5. The molecule has 4 rings (SSSR count). The fraction of sp³-hybridized carbons (Fsp3) is 1.00. The van der Waals surface area contributed by atoms with Crippen molar-refractivity contribution >= 4 is 0 Å². The van der Waals surface area contributed by atoms with E-state index in [-0.39, 0.29) is 13.2 Å². The molecule has 0 amide bonds. The summed E-state index contributed by atoms with van der Waals surface area (Å²) in [6, 6.07) is 0. The highest BCUT2D eigenvalue weighted by molar-refractivity contribution is 5.08. The lowest BCUT2D eigenvalue weighted by molar-refractivity contribution is -0.111. The fourth-order valence-electron chi connectivity index (χ4n) is 9.54. The summed E-state index contributed by atoms with van der Waals surface area (Å²) < 4.78 is 0. The molecule has 4 aliphatic rings. The Balaban J connectivity index is 0.000000989. The van der Waals surface area contributed by atoms with E-state index in [2.05, 4.69) is 33.0 Å². The van der Waals surface area contributed by atoms with Crippen LogP contribution in [0.4, 0.5) is 0 Å². The second-order valence-electron chi connectivity index (χ2n) is 15.0. The van der Waals surface area contributed by atoms with Crippen LogP contribution in [0.2, 0.25) is 0 Å². The van der Waals surface area contributed by atoms with Crippen molar-refractivity contribution in [2.24, 2.45) is 51.9 Å². The van der Waals surface area contributed by atoms with Gasteiger partial charge in [0, 0.05) is 19.8 Å². The summed E-state index contributed by atoms with van der Waals surface area (Å²) in [4.78, 5) is 0. The second kappa shape index (κ2) is 28.6. The first-order valence-corrected chi connectivity index (χ1v) is 20.3. The van der Waals surface area contributed by atoms with Crippen LogP contribution in [0.1, 0.15) is 170 Å². The molecule has 0 aromatic rings. The van der Waals surface area contributed by atoms with Crippen LogP contribution in [0.15, 0.2) is 0 Å². The van der Waals surface area contributed by atoms with E-state index in [0.29, 0.717) is 30.5 Å². The Hall–Kier alpha value is -0.240. The standard InChI is InChI=1S/C27H49NO.C5H12.2C3H9NO.C2H6/c1-26-16-5-3-9-21(26)11-13-23-24-14-12-22(27(24,2)17-15-25(23)26)10-4-6-18-28-19-7-8-20-29;1-3-5-4-2;2*4-2-1-3-5;1-2/h21-25,28-29H,3-20H2,1-2H3;3-5H2,1-2H3;2*5H,1-4H2;1-2H3/t21?,22?,23?,24?,25?,26-,27+;;;;/m0..../s1. The van der Waals surface area contributed by atoms with E-state index < -0.39 is 0 Å². The summed E-state index contributed by atoms with van der Waals surface area (Å²) in [5.41, 5.74) is 11.3. The van der Waals surface area contributed by atoms with Crippen LogP contribution in [-0.2, 0) is 0 Å². The maximum atomic E-state index is 8.86. The highest BCUT2D eigenvalue weighted by Gasteiger charge is 2.59. The van der Waals surface area contributed by atoms with Gasteiger partial charge in [-0.05, 0) is 156 Å². The molecule has 0 aromatic heterocycles. The monoisotopic (exact) mass is 656 g/mol. The summed E-state index contributed by atoms with van der Waals surface area (Å²) in [5, 5.41) is 28.4. The zero-order valence-electron chi connectivity index (χ0n) is 32.0. The van der Waals surface area contributed by atoms with Gasteiger partial charge in [0.2, 0.25) is 0 Å². The molecule has 8 N–H and O–H groups in total. The molecule has 4 fully saturated rings. The van der Waals surface area contributed by atoms with Gasteiger partial charge < -0.3 is 32.1 Å². The van der Waals surface area contributed by atoms with Crippen molar-refractivity contribution in [3.63, 3.8) is 0 Å². The Labute approximate surface area is 288 Å². The molecular weight excluding hydrogens is 570 g/mol. The number of aliphatic hydroxyl groups is 3. The van der Waals surface area contributed by atoms with Gasteiger partial charge in [-0.3, -0.25) is 0 Å². The molecule has 0 aromatic carbocycles. The Kier molecular flexibility index (Phi) is 28.4. The van der Waals surface area contributed by atoms with E-state index in [0.717, 1.165) is 61.8 Å². The zero-order valence-corrected chi connectivity index (χ0v) is 32.0. The quantitative estimate of drug-likeness (QED) is 0.0984. The molecule has 278 valence electrons. The van der Waals surface area contributed by atoms with Gasteiger partial charge in [0.1, 0.15) is 0 Å². The average Bonchev–Trinajstić information content (AvgIpc) is 3.41. The van der Waals surface area contributed by atoms with Gasteiger partial charge in [-0.2, -0.15) is 0 Å². The molecular formula is C40H85N3O3. The van der Waals surface area contributed by atoms with Gasteiger partial charge in [-0.15, -0.1) is 0 Å². The highest BCUT2D eigenvalue weighted by atomic mass is 16.3. The smallest absolute Gasteiger partial charge is 0.0443 e.